The fourth-order valence-electron chi connectivity index (χ4n) is 3.25. The molecule has 0 aromatic carbocycles. The molecule has 18 nitrogen and oxygen atoms in total. The fraction of sp³-hybridized carbons (Fsp3) is 0.524. The maximum Gasteiger partial charge on any atom is 0.326 e. The highest BCUT2D eigenvalue weighted by Gasteiger charge is 2.31. The number of hydrogen-bond acceptors (Lipinski definition) is 9. The molecule has 18 heteroatoms. The van der Waals surface area contributed by atoms with Crippen LogP contribution >= 0.6 is 0 Å². The molecule has 0 bridgehead atoms. The first-order valence-electron chi connectivity index (χ1n) is 11.8. The molecule has 0 aliphatic carbocycles. The van der Waals surface area contributed by atoms with E-state index in [1.165, 1.54) is 12.5 Å². The highest BCUT2D eigenvalue weighted by Crippen LogP contribution is 2.05. The first kappa shape index (κ1) is 32.3. The molecule has 0 aliphatic rings. The summed E-state index contributed by atoms with van der Waals surface area (Å²) < 4.78 is 0. The van der Waals surface area contributed by atoms with Crippen molar-refractivity contribution in [2.45, 2.75) is 62.7 Å². The van der Waals surface area contributed by atoms with Crippen molar-refractivity contribution in [1.29, 1.82) is 0 Å². The second-order valence-electron chi connectivity index (χ2n) is 8.53. The number of guanidine groups is 1. The normalized spacial score (nSPS) is 13.7. The molecule has 0 aliphatic heterocycles. The molecule has 4 unspecified atom stereocenters. The lowest BCUT2D eigenvalue weighted by Crippen LogP contribution is -2.58. The summed E-state index contributed by atoms with van der Waals surface area (Å²) in [4.78, 5) is 83.1. The Bertz CT molecular complexity index is 1040. The van der Waals surface area contributed by atoms with Gasteiger partial charge in [-0.25, -0.2) is 9.78 Å². The second kappa shape index (κ2) is 16.2. The lowest BCUT2D eigenvalue weighted by atomic mass is 10.1. The number of aromatic amines is 1. The van der Waals surface area contributed by atoms with E-state index in [-0.39, 0.29) is 38.2 Å². The third kappa shape index (κ3) is 12.9. The number of nitrogens with zero attached hydrogens (tertiary/aromatic N) is 2. The number of amides is 5. The average Bonchev–Trinajstić information content (AvgIpc) is 3.35. The van der Waals surface area contributed by atoms with Crippen LogP contribution in [0.3, 0.4) is 0 Å². The van der Waals surface area contributed by atoms with Gasteiger partial charge in [-0.05, 0) is 19.3 Å². The number of H-pyrrole nitrogens is 1. The number of nitrogens with two attached hydrogens (primary N) is 5. The summed E-state index contributed by atoms with van der Waals surface area (Å²) in [6.45, 7) is 0.218. The minimum absolute atomic E-state index is 0.123. The van der Waals surface area contributed by atoms with E-state index in [0.717, 1.165) is 0 Å². The minimum Gasteiger partial charge on any atom is -0.480 e. The number of carboxylic acids is 1. The number of rotatable bonds is 18. The minimum atomic E-state index is -1.50. The van der Waals surface area contributed by atoms with Gasteiger partial charge in [0.2, 0.25) is 29.5 Å². The van der Waals surface area contributed by atoms with Gasteiger partial charge in [0, 0.05) is 31.3 Å². The van der Waals surface area contributed by atoms with E-state index >= 15 is 0 Å². The van der Waals surface area contributed by atoms with Crippen LogP contribution < -0.4 is 44.6 Å². The van der Waals surface area contributed by atoms with Crippen molar-refractivity contribution in [1.82, 2.24) is 25.9 Å². The lowest BCUT2D eigenvalue weighted by molar-refractivity contribution is -0.142. The molecular formula is C21H35N11O7. The van der Waals surface area contributed by atoms with E-state index in [2.05, 4.69) is 30.9 Å². The van der Waals surface area contributed by atoms with E-state index in [9.17, 15) is 33.9 Å². The smallest absolute Gasteiger partial charge is 0.326 e. The summed E-state index contributed by atoms with van der Waals surface area (Å²) >= 11 is 0. The summed E-state index contributed by atoms with van der Waals surface area (Å²) in [5.41, 5.74) is 27.0. The monoisotopic (exact) mass is 553 g/mol. The van der Waals surface area contributed by atoms with Crippen molar-refractivity contribution >= 4 is 41.5 Å². The molecule has 0 saturated carbocycles. The molecule has 15 N–H and O–H groups in total. The maximum atomic E-state index is 13.0. The molecule has 1 aromatic rings. The van der Waals surface area contributed by atoms with Gasteiger partial charge in [0.05, 0.1) is 18.8 Å². The van der Waals surface area contributed by atoms with E-state index in [1.807, 2.05) is 0 Å². The van der Waals surface area contributed by atoms with Gasteiger partial charge >= 0.3 is 5.97 Å². The van der Waals surface area contributed by atoms with Crippen molar-refractivity contribution < 1.29 is 33.9 Å². The lowest BCUT2D eigenvalue weighted by Gasteiger charge is -2.24. The molecule has 5 amide bonds. The number of imidazole rings is 1. The van der Waals surface area contributed by atoms with Crippen LogP contribution in [-0.2, 0) is 35.2 Å². The Morgan fingerprint density at radius 3 is 2.05 bits per heavy atom. The number of nitrogens with one attached hydrogen (secondary N) is 4. The number of aliphatic carboxylic acids is 1. The Labute approximate surface area is 222 Å². The largest absolute Gasteiger partial charge is 0.480 e. The fourth-order valence-corrected chi connectivity index (χ4v) is 3.25. The Morgan fingerprint density at radius 2 is 1.51 bits per heavy atom. The van der Waals surface area contributed by atoms with Crippen LogP contribution in [0.1, 0.15) is 37.8 Å². The molecule has 216 valence electrons. The third-order valence-corrected chi connectivity index (χ3v) is 5.25. The standard InChI is InChI=1S/C21H35N11O7/c22-11(2-1-5-28-21(25)26)17(35)31-14(7-16(24)34)19(37)32-13(6-10-8-27-9-29-10)18(36)30-12(20(38)39)3-4-15(23)33/h8-9,11-14H,1-7,22H2,(H2,23,33)(H2,24,34)(H,27,29)(H,30,36)(H,31,35)(H,32,37)(H,38,39)(H4,25,26,28). The van der Waals surface area contributed by atoms with Crippen LogP contribution in [0.25, 0.3) is 0 Å². The quantitative estimate of drug-likeness (QED) is 0.0466. The summed E-state index contributed by atoms with van der Waals surface area (Å²) in [5.74, 6) is -5.89. The van der Waals surface area contributed by atoms with E-state index in [0.29, 0.717) is 12.1 Å². The van der Waals surface area contributed by atoms with Crippen molar-refractivity contribution in [3.63, 3.8) is 0 Å². The first-order valence-corrected chi connectivity index (χ1v) is 11.8. The van der Waals surface area contributed by atoms with E-state index in [4.69, 9.17) is 28.7 Å². The number of hydrogen-bond donors (Lipinski definition) is 10. The van der Waals surface area contributed by atoms with Crippen molar-refractivity contribution in [3.05, 3.63) is 18.2 Å². The zero-order valence-corrected chi connectivity index (χ0v) is 21.1. The van der Waals surface area contributed by atoms with Gasteiger partial charge in [-0.2, -0.15) is 0 Å². The molecule has 0 saturated heterocycles. The molecule has 1 heterocycles. The molecule has 0 fully saturated rings. The summed E-state index contributed by atoms with van der Waals surface area (Å²) in [6, 6.07) is -5.44. The van der Waals surface area contributed by atoms with Crippen LogP contribution in [0, 0.1) is 0 Å². The molecule has 39 heavy (non-hydrogen) atoms. The summed E-state index contributed by atoms with van der Waals surface area (Å²) in [5, 5.41) is 16.4. The van der Waals surface area contributed by atoms with Crippen LogP contribution in [0.15, 0.2) is 17.5 Å². The van der Waals surface area contributed by atoms with Crippen LogP contribution in [0.2, 0.25) is 0 Å². The first-order chi connectivity index (χ1) is 18.3. The van der Waals surface area contributed by atoms with E-state index in [1.54, 1.807) is 0 Å². The third-order valence-electron chi connectivity index (χ3n) is 5.25. The Morgan fingerprint density at radius 1 is 0.897 bits per heavy atom. The zero-order valence-electron chi connectivity index (χ0n) is 21.1. The molecule has 1 aromatic heterocycles. The van der Waals surface area contributed by atoms with Crippen LogP contribution in [0.5, 0.6) is 0 Å². The number of aliphatic imine (C=N–C) groups is 1. The van der Waals surface area contributed by atoms with Crippen LogP contribution in [0.4, 0.5) is 0 Å². The molecule has 0 spiro atoms. The summed E-state index contributed by atoms with van der Waals surface area (Å²) in [6.07, 6.45) is 1.82. The zero-order chi connectivity index (χ0) is 29.5. The van der Waals surface area contributed by atoms with Crippen molar-refractivity contribution in [2.24, 2.45) is 33.7 Å². The highest BCUT2D eigenvalue weighted by molar-refractivity contribution is 5.96. The van der Waals surface area contributed by atoms with Gasteiger partial charge in [-0.3, -0.25) is 29.0 Å². The summed E-state index contributed by atoms with van der Waals surface area (Å²) in [7, 11) is 0. The Hall–Kier alpha value is -4.74. The number of aromatic nitrogens is 2. The topological polar surface area (TPSA) is 330 Å². The highest BCUT2D eigenvalue weighted by atomic mass is 16.4. The van der Waals surface area contributed by atoms with Crippen LogP contribution in [-0.4, -0.2) is 87.3 Å². The SMILES string of the molecule is NC(=O)CCC(NC(=O)C(Cc1cnc[nH]1)NC(=O)C(CC(N)=O)NC(=O)C(N)CCCN=C(N)N)C(=O)O. The van der Waals surface area contributed by atoms with Crippen molar-refractivity contribution in [3.8, 4) is 0 Å². The average molecular weight is 554 g/mol. The molecule has 4 atom stereocenters. The van der Waals surface area contributed by atoms with E-state index < -0.39 is 66.1 Å². The maximum absolute atomic E-state index is 13.0. The Kier molecular flexibility index (Phi) is 13.4. The van der Waals surface area contributed by atoms with Crippen molar-refractivity contribution in [2.75, 3.05) is 6.54 Å². The molecule has 0 radical (unpaired) electrons. The van der Waals surface area contributed by atoms with Gasteiger partial charge < -0.3 is 54.7 Å². The number of carboxylic acid groups (broad SMARTS) is 1. The van der Waals surface area contributed by atoms with Gasteiger partial charge in [-0.15, -0.1) is 0 Å². The van der Waals surface area contributed by atoms with Gasteiger partial charge in [0.1, 0.15) is 18.1 Å². The molecule has 1 rings (SSSR count). The Balaban J connectivity index is 3.00. The van der Waals surface area contributed by atoms with Gasteiger partial charge in [0.15, 0.2) is 5.96 Å². The predicted molar refractivity (Wildman–Crippen MR) is 136 cm³/mol. The van der Waals surface area contributed by atoms with Gasteiger partial charge in [0.25, 0.3) is 0 Å². The second-order valence-corrected chi connectivity index (χ2v) is 8.53. The number of carbonyl (C=O) groups excluding carboxylic acids is 5. The number of carbonyl (C=O) groups is 6. The van der Waals surface area contributed by atoms with Gasteiger partial charge in [-0.1, -0.05) is 0 Å². The predicted octanol–water partition coefficient (Wildman–Crippen LogP) is -4.99. The molecular weight excluding hydrogens is 518 g/mol. The number of primary amides is 2.